The lowest BCUT2D eigenvalue weighted by molar-refractivity contribution is -0.0515. The monoisotopic (exact) mass is 381 g/mol. The van der Waals surface area contributed by atoms with Gasteiger partial charge in [-0.3, -0.25) is 4.90 Å². The van der Waals surface area contributed by atoms with Crippen LogP contribution in [-0.2, 0) is 11.3 Å². The number of methoxy groups -OCH3 is 1. The van der Waals surface area contributed by atoms with Gasteiger partial charge in [-0.1, -0.05) is 42.8 Å². The maximum absolute atomic E-state index is 10.7. The first-order valence-corrected chi connectivity index (χ1v) is 10.5. The minimum absolute atomic E-state index is 0.0480. The smallest absolute Gasteiger partial charge is 0.118 e. The zero-order chi connectivity index (χ0) is 19.3. The van der Waals surface area contributed by atoms with Crippen LogP contribution in [0.5, 0.6) is 5.75 Å². The molecule has 3 atom stereocenters. The number of nitrogens with zero attached hydrogens (tertiary/aromatic N) is 1. The number of ether oxygens (including phenoxy) is 2. The van der Waals surface area contributed by atoms with E-state index in [9.17, 15) is 5.11 Å². The van der Waals surface area contributed by atoms with Crippen LogP contribution in [0.2, 0.25) is 0 Å². The van der Waals surface area contributed by atoms with Gasteiger partial charge in [0, 0.05) is 6.04 Å². The van der Waals surface area contributed by atoms with Crippen LogP contribution in [-0.4, -0.2) is 48.5 Å². The van der Waals surface area contributed by atoms with Crippen LogP contribution in [0.3, 0.4) is 0 Å². The van der Waals surface area contributed by atoms with Crippen molar-refractivity contribution in [2.75, 3.05) is 20.2 Å². The number of piperidine rings is 1. The Hall–Kier alpha value is -1.88. The number of rotatable bonds is 6. The summed E-state index contributed by atoms with van der Waals surface area (Å²) in [6.07, 6.45) is 5.43. The van der Waals surface area contributed by atoms with Gasteiger partial charge in [-0.15, -0.1) is 0 Å². The summed E-state index contributed by atoms with van der Waals surface area (Å²) < 4.78 is 11.3. The Bertz CT molecular complexity index is 737. The third-order valence-corrected chi connectivity index (χ3v) is 6.22. The molecule has 1 saturated carbocycles. The van der Waals surface area contributed by atoms with Crippen molar-refractivity contribution in [2.24, 2.45) is 0 Å². The van der Waals surface area contributed by atoms with Gasteiger partial charge in [-0.05, 0) is 67.6 Å². The molecule has 2 aromatic carbocycles. The van der Waals surface area contributed by atoms with Gasteiger partial charge >= 0.3 is 0 Å². The molecule has 4 rings (SSSR count). The van der Waals surface area contributed by atoms with Crippen molar-refractivity contribution in [3.63, 3.8) is 0 Å². The molecule has 28 heavy (non-hydrogen) atoms. The molecule has 150 valence electrons. The van der Waals surface area contributed by atoms with Gasteiger partial charge in [0.1, 0.15) is 5.75 Å². The highest BCUT2D eigenvalue weighted by Gasteiger charge is 2.39. The van der Waals surface area contributed by atoms with Gasteiger partial charge < -0.3 is 14.6 Å². The number of hydrogen-bond acceptors (Lipinski definition) is 4. The van der Waals surface area contributed by atoms with E-state index in [1.54, 1.807) is 7.11 Å². The predicted molar refractivity (Wildman–Crippen MR) is 111 cm³/mol. The summed E-state index contributed by atoms with van der Waals surface area (Å²) in [6.45, 7) is 2.81. The van der Waals surface area contributed by atoms with Gasteiger partial charge in [-0.25, -0.2) is 0 Å². The molecule has 0 amide bonds. The van der Waals surface area contributed by atoms with E-state index in [4.69, 9.17) is 9.47 Å². The number of benzene rings is 2. The Kier molecular flexibility index (Phi) is 6.30. The number of hydrogen-bond donors (Lipinski definition) is 1. The molecule has 2 fully saturated rings. The van der Waals surface area contributed by atoms with Crippen LogP contribution < -0.4 is 4.74 Å². The minimum Gasteiger partial charge on any atom is -0.497 e. The number of aliphatic hydroxyl groups is 1. The van der Waals surface area contributed by atoms with Crippen LogP contribution in [0.15, 0.2) is 48.5 Å². The Morgan fingerprint density at radius 1 is 0.893 bits per heavy atom. The summed E-state index contributed by atoms with van der Waals surface area (Å²) in [7, 11) is 1.68. The molecule has 2 aromatic rings. The van der Waals surface area contributed by atoms with Crippen LogP contribution in [0.1, 0.15) is 37.7 Å². The molecule has 0 spiro atoms. The zero-order valence-corrected chi connectivity index (χ0v) is 16.7. The van der Waals surface area contributed by atoms with E-state index in [-0.39, 0.29) is 18.2 Å². The lowest BCUT2D eigenvalue weighted by Gasteiger charge is -2.34. The first kappa shape index (κ1) is 19.4. The van der Waals surface area contributed by atoms with E-state index in [0.717, 1.165) is 37.2 Å². The normalized spacial score (nSPS) is 25.7. The summed E-state index contributed by atoms with van der Waals surface area (Å²) in [6, 6.07) is 16.9. The molecule has 4 heteroatoms. The van der Waals surface area contributed by atoms with Crippen molar-refractivity contribution in [1.82, 2.24) is 4.90 Å². The molecule has 0 bridgehead atoms. The van der Waals surface area contributed by atoms with Gasteiger partial charge in [0.05, 0.1) is 25.9 Å². The summed E-state index contributed by atoms with van der Waals surface area (Å²) in [5.41, 5.74) is 3.49. The molecule has 1 aliphatic heterocycles. The Labute approximate surface area is 168 Å². The van der Waals surface area contributed by atoms with Crippen molar-refractivity contribution in [1.29, 1.82) is 0 Å². The van der Waals surface area contributed by atoms with E-state index >= 15 is 0 Å². The SMILES string of the molecule is COc1ccc(-c2ccc(CO[C@@H]3CC[C@@H](N4CCCCC4)[C@@H]3O)cc2)cc1. The highest BCUT2D eigenvalue weighted by molar-refractivity contribution is 5.64. The van der Waals surface area contributed by atoms with Crippen LogP contribution in [0, 0.1) is 0 Å². The second-order valence-electron chi connectivity index (χ2n) is 8.01. The highest BCUT2D eigenvalue weighted by atomic mass is 16.5. The maximum atomic E-state index is 10.7. The van der Waals surface area contributed by atoms with Crippen molar-refractivity contribution in [2.45, 2.75) is 57.0 Å². The van der Waals surface area contributed by atoms with Crippen LogP contribution in [0.25, 0.3) is 11.1 Å². The standard InChI is InChI=1S/C24H31NO3/c1-27-21-11-9-20(10-12-21)19-7-5-18(6-8-19)17-28-23-14-13-22(24(23)26)25-15-3-2-4-16-25/h5-12,22-24,26H,2-4,13-17H2,1H3/t22-,23-,24+/m1/s1. The Morgan fingerprint density at radius 3 is 2.18 bits per heavy atom. The van der Waals surface area contributed by atoms with Crippen molar-refractivity contribution in [3.05, 3.63) is 54.1 Å². The average Bonchev–Trinajstić information content (AvgIpc) is 3.13. The fourth-order valence-electron chi connectivity index (χ4n) is 4.53. The maximum Gasteiger partial charge on any atom is 0.118 e. The third-order valence-electron chi connectivity index (χ3n) is 6.22. The highest BCUT2D eigenvalue weighted by Crippen LogP contribution is 2.30. The van der Waals surface area contributed by atoms with Gasteiger partial charge in [-0.2, -0.15) is 0 Å². The molecular formula is C24H31NO3. The minimum atomic E-state index is -0.364. The van der Waals surface area contributed by atoms with Gasteiger partial charge in [0.25, 0.3) is 0 Å². The first-order chi connectivity index (χ1) is 13.7. The summed E-state index contributed by atoms with van der Waals surface area (Å²) in [4.78, 5) is 2.47. The number of likely N-dealkylation sites (tertiary alicyclic amines) is 1. The summed E-state index contributed by atoms with van der Waals surface area (Å²) in [5, 5.41) is 10.7. The van der Waals surface area contributed by atoms with Crippen molar-refractivity contribution >= 4 is 0 Å². The van der Waals surface area contributed by atoms with E-state index in [1.165, 1.54) is 30.4 Å². The lowest BCUT2D eigenvalue weighted by atomic mass is 10.0. The zero-order valence-electron chi connectivity index (χ0n) is 16.7. The Balaban J connectivity index is 1.31. The van der Waals surface area contributed by atoms with E-state index in [0.29, 0.717) is 6.61 Å². The molecular weight excluding hydrogens is 350 g/mol. The first-order valence-electron chi connectivity index (χ1n) is 10.5. The fourth-order valence-corrected chi connectivity index (χ4v) is 4.53. The molecule has 0 aromatic heterocycles. The van der Waals surface area contributed by atoms with E-state index < -0.39 is 0 Å². The number of aliphatic hydroxyl groups excluding tert-OH is 1. The second kappa shape index (κ2) is 9.08. The third kappa shape index (κ3) is 4.40. The van der Waals surface area contributed by atoms with Crippen molar-refractivity contribution < 1.29 is 14.6 Å². The van der Waals surface area contributed by atoms with E-state index in [2.05, 4.69) is 41.3 Å². The fraction of sp³-hybridized carbons (Fsp3) is 0.500. The second-order valence-corrected chi connectivity index (χ2v) is 8.01. The molecule has 0 unspecified atom stereocenters. The van der Waals surface area contributed by atoms with Gasteiger partial charge in [0.15, 0.2) is 0 Å². The largest absolute Gasteiger partial charge is 0.497 e. The molecule has 4 nitrogen and oxygen atoms in total. The van der Waals surface area contributed by atoms with Crippen molar-refractivity contribution in [3.8, 4) is 16.9 Å². The Morgan fingerprint density at radius 2 is 1.54 bits per heavy atom. The molecule has 0 radical (unpaired) electrons. The summed E-state index contributed by atoms with van der Waals surface area (Å²) >= 11 is 0. The molecule has 1 heterocycles. The topological polar surface area (TPSA) is 41.9 Å². The average molecular weight is 382 g/mol. The predicted octanol–water partition coefficient (Wildman–Crippen LogP) is 4.26. The van der Waals surface area contributed by atoms with Crippen LogP contribution in [0.4, 0.5) is 0 Å². The quantitative estimate of drug-likeness (QED) is 0.812. The lowest BCUT2D eigenvalue weighted by Crippen LogP contribution is -2.46. The summed E-state index contributed by atoms with van der Waals surface area (Å²) in [5.74, 6) is 0.867. The molecule has 1 N–H and O–H groups in total. The van der Waals surface area contributed by atoms with Gasteiger partial charge in [0.2, 0.25) is 0 Å². The van der Waals surface area contributed by atoms with E-state index in [1.807, 2.05) is 12.1 Å². The molecule has 1 aliphatic carbocycles. The van der Waals surface area contributed by atoms with Crippen LogP contribution >= 0.6 is 0 Å². The molecule has 2 aliphatic rings. The molecule has 1 saturated heterocycles.